The molecule has 2 aromatic heterocycles. The third kappa shape index (κ3) is 6.11. The number of aryl methyl sites for hydroxylation is 1. The van der Waals surface area contributed by atoms with Crippen molar-refractivity contribution in [2.75, 3.05) is 0 Å². The minimum Gasteiger partial charge on any atom is -0.298 e. The van der Waals surface area contributed by atoms with E-state index in [2.05, 4.69) is 15.0 Å². The summed E-state index contributed by atoms with van der Waals surface area (Å²) >= 11 is 0. The summed E-state index contributed by atoms with van der Waals surface area (Å²) in [6.07, 6.45) is -9.49. The number of benzene rings is 1. The van der Waals surface area contributed by atoms with Crippen molar-refractivity contribution in [3.63, 3.8) is 0 Å². The van der Waals surface area contributed by atoms with Crippen molar-refractivity contribution < 1.29 is 48.3 Å². The van der Waals surface area contributed by atoms with Crippen LogP contribution in [-0.2, 0) is 27.4 Å². The number of Topliss-reactive ketones (excluding diaryl/α,β-unsaturated/α-hetero) is 1. The number of alkyl halides is 6. The van der Waals surface area contributed by atoms with Crippen molar-refractivity contribution in [3.05, 3.63) is 71.9 Å². The molecule has 4 rings (SSSR count). The van der Waals surface area contributed by atoms with Crippen molar-refractivity contribution in [1.29, 1.82) is 0 Å². The third-order valence-electron chi connectivity index (χ3n) is 6.24. The lowest BCUT2D eigenvalue weighted by Gasteiger charge is -2.30. The average Bonchev–Trinajstić information content (AvgIpc) is 3.35. The maximum absolute atomic E-state index is 14.4. The summed E-state index contributed by atoms with van der Waals surface area (Å²) in [5.74, 6) is -4.03. The summed E-state index contributed by atoms with van der Waals surface area (Å²) in [5, 5.41) is 0. The minimum absolute atomic E-state index is 0.000884. The molecular formula is C24H18F8N4O3S. The van der Waals surface area contributed by atoms with E-state index in [0.29, 0.717) is 0 Å². The second-order valence-corrected chi connectivity index (χ2v) is 10.7. The second kappa shape index (κ2) is 10.8. The highest BCUT2D eigenvalue weighted by atomic mass is 32.2. The van der Waals surface area contributed by atoms with Crippen molar-refractivity contribution in [2.24, 2.45) is 0 Å². The number of hydrogen-bond donors (Lipinski definition) is 0. The number of carbonyl (C=O) groups is 1. The Kier molecular flexibility index (Phi) is 7.95. The molecule has 1 aliphatic rings. The molecule has 1 fully saturated rings. The van der Waals surface area contributed by atoms with E-state index in [0.717, 1.165) is 48.9 Å². The monoisotopic (exact) mass is 594 g/mol. The minimum atomic E-state index is -5.00. The van der Waals surface area contributed by atoms with Crippen LogP contribution in [0.25, 0.3) is 11.3 Å². The normalized spacial score (nSPS) is 18.7. The lowest BCUT2D eigenvalue weighted by atomic mass is 10.0. The molecule has 2 atom stereocenters. The maximum Gasteiger partial charge on any atom is 0.451 e. The molecule has 0 N–H and O–H groups in total. The van der Waals surface area contributed by atoms with Gasteiger partial charge in [-0.2, -0.15) is 30.6 Å². The van der Waals surface area contributed by atoms with Gasteiger partial charge >= 0.3 is 12.4 Å². The molecule has 0 unspecified atom stereocenters. The Morgan fingerprint density at radius 3 is 2.12 bits per heavy atom. The van der Waals surface area contributed by atoms with Gasteiger partial charge in [-0.15, -0.1) is 0 Å². The van der Waals surface area contributed by atoms with E-state index in [9.17, 15) is 48.3 Å². The highest BCUT2D eigenvalue weighted by molar-refractivity contribution is 7.89. The summed E-state index contributed by atoms with van der Waals surface area (Å²) in [6.45, 7) is 0. The van der Waals surface area contributed by atoms with Crippen LogP contribution in [0, 0.1) is 11.6 Å². The molecule has 0 saturated carbocycles. The topological polar surface area (TPSA) is 93.1 Å². The highest BCUT2D eigenvalue weighted by Gasteiger charge is 2.56. The number of hydrogen-bond acceptors (Lipinski definition) is 6. The molecule has 0 spiro atoms. The quantitative estimate of drug-likeness (QED) is 0.353. The van der Waals surface area contributed by atoms with E-state index >= 15 is 0 Å². The largest absolute Gasteiger partial charge is 0.451 e. The molecule has 1 aliphatic heterocycles. The molecule has 16 heteroatoms. The van der Waals surface area contributed by atoms with E-state index < -0.39 is 81.9 Å². The fraction of sp³-hybridized carbons (Fsp3) is 0.333. The van der Waals surface area contributed by atoms with Crippen molar-refractivity contribution in [2.45, 2.75) is 55.0 Å². The van der Waals surface area contributed by atoms with Crippen LogP contribution in [0.3, 0.4) is 0 Å². The molecule has 7 nitrogen and oxygen atoms in total. The Hall–Kier alpha value is -3.53. The van der Waals surface area contributed by atoms with Crippen LogP contribution in [0.2, 0.25) is 0 Å². The van der Waals surface area contributed by atoms with Crippen LogP contribution >= 0.6 is 0 Å². The van der Waals surface area contributed by atoms with Gasteiger partial charge < -0.3 is 0 Å². The zero-order valence-corrected chi connectivity index (χ0v) is 20.9. The van der Waals surface area contributed by atoms with E-state index in [-0.39, 0.29) is 27.5 Å². The molecule has 0 bridgehead atoms. The van der Waals surface area contributed by atoms with Crippen LogP contribution in [0.1, 0.15) is 30.7 Å². The molecule has 0 amide bonds. The van der Waals surface area contributed by atoms with Gasteiger partial charge in [-0.25, -0.2) is 27.2 Å². The number of pyridine rings is 1. The molecule has 40 heavy (non-hydrogen) atoms. The molecule has 214 valence electrons. The van der Waals surface area contributed by atoms with E-state index in [1.807, 2.05) is 0 Å². The SMILES string of the molecule is O=C(CCc1cc(-c2cnc(C(F)(F)F)nc2)ncc1F)[C@@H]1CC[C@H](C(F)(F)F)N1S(=O)(=O)c1ccc(F)cc1. The summed E-state index contributed by atoms with van der Waals surface area (Å²) in [4.78, 5) is 22.6. The van der Waals surface area contributed by atoms with Crippen molar-refractivity contribution in [1.82, 2.24) is 19.3 Å². The number of ketones is 1. The summed E-state index contributed by atoms with van der Waals surface area (Å²) < 4.78 is 133. The first-order valence-corrected chi connectivity index (χ1v) is 13.0. The van der Waals surface area contributed by atoms with Crippen molar-refractivity contribution in [3.8, 4) is 11.3 Å². The fourth-order valence-electron chi connectivity index (χ4n) is 4.32. The zero-order chi connectivity index (χ0) is 29.5. The summed E-state index contributed by atoms with van der Waals surface area (Å²) in [5.41, 5.74) is -0.173. The molecule has 3 heterocycles. The Labute approximate surface area is 221 Å². The fourth-order valence-corrected chi connectivity index (χ4v) is 6.16. The number of sulfonamides is 1. The maximum atomic E-state index is 14.4. The molecule has 1 saturated heterocycles. The number of carbonyl (C=O) groups excluding carboxylic acids is 1. The van der Waals surface area contributed by atoms with Crippen LogP contribution in [0.5, 0.6) is 0 Å². The van der Waals surface area contributed by atoms with Gasteiger partial charge in [0.05, 0.1) is 22.8 Å². The van der Waals surface area contributed by atoms with E-state index in [1.165, 1.54) is 0 Å². The lowest BCUT2D eigenvalue weighted by molar-refractivity contribution is -0.167. The van der Waals surface area contributed by atoms with Crippen LogP contribution in [0.4, 0.5) is 35.1 Å². The van der Waals surface area contributed by atoms with Gasteiger partial charge in [-0.1, -0.05) is 0 Å². The Bertz CT molecular complexity index is 1490. The van der Waals surface area contributed by atoms with Crippen LogP contribution in [0.15, 0.2) is 53.8 Å². The number of halogens is 8. The predicted molar refractivity (Wildman–Crippen MR) is 122 cm³/mol. The molecule has 3 aromatic rings. The first kappa shape index (κ1) is 29.5. The lowest BCUT2D eigenvalue weighted by Crippen LogP contribution is -2.50. The van der Waals surface area contributed by atoms with Gasteiger partial charge in [0.2, 0.25) is 15.8 Å². The standard InChI is InChI=1S/C24H18F8N4O3S/c25-15-2-4-16(5-3-15)40(38,39)36-19(6-8-21(36)23(27,28)29)20(37)7-1-13-9-18(33-12-17(13)26)14-10-34-22(35-11-14)24(30,31)32/h2-5,9-12,19,21H,1,6-8H2/t19-,21+/m0/s1. The Morgan fingerprint density at radius 2 is 1.55 bits per heavy atom. The molecule has 1 aromatic carbocycles. The number of aromatic nitrogens is 3. The first-order valence-electron chi connectivity index (χ1n) is 11.5. The summed E-state index contributed by atoms with van der Waals surface area (Å²) in [7, 11) is -4.88. The highest BCUT2D eigenvalue weighted by Crippen LogP contribution is 2.40. The van der Waals surface area contributed by atoms with Gasteiger partial charge in [0.25, 0.3) is 0 Å². The van der Waals surface area contributed by atoms with E-state index in [4.69, 9.17) is 0 Å². The summed E-state index contributed by atoms with van der Waals surface area (Å²) in [6, 6.07) is -0.000739. The first-order chi connectivity index (χ1) is 18.6. The van der Waals surface area contributed by atoms with Gasteiger partial charge in [-0.3, -0.25) is 9.78 Å². The second-order valence-electron chi connectivity index (χ2n) is 8.86. The van der Waals surface area contributed by atoms with Gasteiger partial charge in [0.15, 0.2) is 5.78 Å². The van der Waals surface area contributed by atoms with Gasteiger partial charge in [0.1, 0.15) is 17.7 Å². The molecule has 0 aliphatic carbocycles. The van der Waals surface area contributed by atoms with Gasteiger partial charge in [0, 0.05) is 24.4 Å². The number of rotatable bonds is 7. The Morgan fingerprint density at radius 1 is 0.925 bits per heavy atom. The smallest absolute Gasteiger partial charge is 0.298 e. The van der Waals surface area contributed by atoms with E-state index in [1.54, 1.807) is 0 Å². The zero-order valence-electron chi connectivity index (χ0n) is 20.0. The molecule has 0 radical (unpaired) electrons. The van der Waals surface area contributed by atoms with Crippen LogP contribution in [-0.4, -0.2) is 51.7 Å². The number of nitrogens with zero attached hydrogens (tertiary/aromatic N) is 4. The van der Waals surface area contributed by atoms with Crippen molar-refractivity contribution >= 4 is 15.8 Å². The molecular weight excluding hydrogens is 576 g/mol. The Balaban J connectivity index is 1.56. The average molecular weight is 594 g/mol. The van der Waals surface area contributed by atoms with Gasteiger partial charge in [-0.05, 0) is 55.2 Å². The van der Waals surface area contributed by atoms with Crippen LogP contribution < -0.4 is 0 Å². The predicted octanol–water partition coefficient (Wildman–Crippen LogP) is 5.12. The third-order valence-corrected chi connectivity index (χ3v) is 8.17.